The molecule has 0 aromatic carbocycles. The van der Waals surface area contributed by atoms with Gasteiger partial charge in [-0.15, -0.1) is 0 Å². The molecule has 0 radical (unpaired) electrons. The zero-order valence-electron chi connectivity index (χ0n) is 9.53. The Morgan fingerprint density at radius 1 is 1.15 bits per heavy atom. The Labute approximate surface area is 83.1 Å². The van der Waals surface area contributed by atoms with E-state index >= 15 is 0 Å². The highest BCUT2D eigenvalue weighted by molar-refractivity contribution is 4.88. The van der Waals surface area contributed by atoms with E-state index in [-0.39, 0.29) is 0 Å². The molecule has 1 aliphatic carbocycles. The van der Waals surface area contributed by atoms with E-state index in [1.165, 1.54) is 38.5 Å². The molecule has 1 rings (SSSR count). The van der Waals surface area contributed by atoms with Gasteiger partial charge in [-0.05, 0) is 49.5 Å². The molecule has 13 heavy (non-hydrogen) atoms. The maximum absolute atomic E-state index is 5.66. The minimum atomic E-state index is 0.497. The van der Waals surface area contributed by atoms with Gasteiger partial charge >= 0.3 is 0 Å². The first-order valence-corrected chi connectivity index (χ1v) is 5.68. The summed E-state index contributed by atoms with van der Waals surface area (Å²) < 4.78 is 0. The highest BCUT2D eigenvalue weighted by Crippen LogP contribution is 2.48. The van der Waals surface area contributed by atoms with Gasteiger partial charge in [-0.25, -0.2) is 0 Å². The van der Waals surface area contributed by atoms with Gasteiger partial charge in [0.25, 0.3) is 0 Å². The average Bonchev–Trinajstić information content (AvgIpc) is 1.92. The lowest BCUT2D eigenvalue weighted by Crippen LogP contribution is -2.32. The van der Waals surface area contributed by atoms with Crippen LogP contribution in [0.3, 0.4) is 0 Å². The van der Waals surface area contributed by atoms with Crippen LogP contribution in [0.1, 0.15) is 59.3 Å². The van der Waals surface area contributed by atoms with Gasteiger partial charge in [0.2, 0.25) is 0 Å². The summed E-state index contributed by atoms with van der Waals surface area (Å²) in [7, 11) is 0. The Balaban J connectivity index is 2.32. The minimum Gasteiger partial charge on any atom is -0.330 e. The molecule has 1 fully saturated rings. The summed E-state index contributed by atoms with van der Waals surface area (Å²) in [6.45, 7) is 7.88. The van der Waals surface area contributed by atoms with E-state index in [1.807, 2.05) is 0 Å². The molecule has 0 saturated heterocycles. The summed E-state index contributed by atoms with van der Waals surface area (Å²) in [5.74, 6) is 0. The van der Waals surface area contributed by atoms with E-state index in [1.54, 1.807) is 0 Å². The first-order chi connectivity index (χ1) is 5.97. The summed E-state index contributed by atoms with van der Waals surface area (Å²) >= 11 is 0. The number of hydrogen-bond donors (Lipinski definition) is 1. The zero-order chi connectivity index (χ0) is 9.95. The Morgan fingerprint density at radius 3 is 2.08 bits per heavy atom. The molecular formula is C12H25N. The van der Waals surface area contributed by atoms with Crippen molar-refractivity contribution >= 4 is 0 Å². The summed E-state index contributed by atoms with van der Waals surface area (Å²) in [4.78, 5) is 0. The summed E-state index contributed by atoms with van der Waals surface area (Å²) in [5.41, 5.74) is 6.82. The third-order valence-corrected chi connectivity index (χ3v) is 3.49. The molecule has 78 valence electrons. The van der Waals surface area contributed by atoms with Gasteiger partial charge < -0.3 is 5.73 Å². The highest BCUT2D eigenvalue weighted by Gasteiger charge is 2.36. The molecule has 0 heterocycles. The Hall–Kier alpha value is -0.0400. The van der Waals surface area contributed by atoms with Crippen LogP contribution in [-0.2, 0) is 0 Å². The number of hydrogen-bond acceptors (Lipinski definition) is 1. The van der Waals surface area contributed by atoms with Gasteiger partial charge in [0.1, 0.15) is 0 Å². The molecule has 1 heteroatoms. The third-order valence-electron chi connectivity index (χ3n) is 3.49. The van der Waals surface area contributed by atoms with E-state index in [0.29, 0.717) is 10.8 Å². The van der Waals surface area contributed by atoms with Gasteiger partial charge in [-0.2, -0.15) is 0 Å². The normalized spacial score (nSPS) is 21.2. The van der Waals surface area contributed by atoms with E-state index in [2.05, 4.69) is 20.8 Å². The molecule has 0 spiro atoms. The first-order valence-electron chi connectivity index (χ1n) is 5.68. The van der Waals surface area contributed by atoms with Crippen LogP contribution >= 0.6 is 0 Å². The summed E-state index contributed by atoms with van der Waals surface area (Å²) in [6, 6.07) is 0. The van der Waals surface area contributed by atoms with Crippen molar-refractivity contribution in [1.82, 2.24) is 0 Å². The van der Waals surface area contributed by atoms with Crippen LogP contribution in [0, 0.1) is 10.8 Å². The fourth-order valence-electron chi connectivity index (χ4n) is 2.25. The smallest absolute Gasteiger partial charge is 0.00720 e. The standard InChI is InChI=1S/C12H25N/c1-11(2,3)7-8-12(9-10-13)5-4-6-12/h4-10,13H2,1-3H3. The molecule has 0 bridgehead atoms. The maximum Gasteiger partial charge on any atom is -0.00720 e. The van der Waals surface area contributed by atoms with Crippen LogP contribution in [-0.4, -0.2) is 6.54 Å². The quantitative estimate of drug-likeness (QED) is 0.711. The second kappa shape index (κ2) is 4.00. The van der Waals surface area contributed by atoms with Crippen molar-refractivity contribution in [2.75, 3.05) is 6.54 Å². The minimum absolute atomic E-state index is 0.497. The van der Waals surface area contributed by atoms with Gasteiger partial charge in [0.15, 0.2) is 0 Å². The Bertz CT molecular complexity index is 151. The van der Waals surface area contributed by atoms with Crippen LogP contribution in [0.25, 0.3) is 0 Å². The van der Waals surface area contributed by atoms with E-state index in [0.717, 1.165) is 6.54 Å². The van der Waals surface area contributed by atoms with Crippen molar-refractivity contribution in [2.24, 2.45) is 16.6 Å². The van der Waals surface area contributed by atoms with Crippen LogP contribution in [0.2, 0.25) is 0 Å². The lowest BCUT2D eigenvalue weighted by Gasteiger charge is -2.43. The summed E-state index contributed by atoms with van der Waals surface area (Å²) in [5, 5.41) is 0. The van der Waals surface area contributed by atoms with E-state index < -0.39 is 0 Å². The molecule has 0 amide bonds. The van der Waals surface area contributed by atoms with Crippen molar-refractivity contribution in [1.29, 1.82) is 0 Å². The fourth-order valence-corrected chi connectivity index (χ4v) is 2.25. The Kier molecular flexibility index (Phi) is 3.39. The molecule has 1 nitrogen and oxygen atoms in total. The predicted octanol–water partition coefficient (Wildman–Crippen LogP) is 3.33. The van der Waals surface area contributed by atoms with E-state index in [4.69, 9.17) is 5.73 Å². The predicted molar refractivity (Wildman–Crippen MR) is 58.6 cm³/mol. The topological polar surface area (TPSA) is 26.0 Å². The largest absolute Gasteiger partial charge is 0.330 e. The molecule has 1 saturated carbocycles. The first kappa shape index (κ1) is 11.0. The highest BCUT2D eigenvalue weighted by atomic mass is 14.6. The van der Waals surface area contributed by atoms with Gasteiger partial charge in [-0.3, -0.25) is 0 Å². The molecule has 1 aliphatic rings. The van der Waals surface area contributed by atoms with Crippen LogP contribution in [0.15, 0.2) is 0 Å². The van der Waals surface area contributed by atoms with Crippen LogP contribution in [0.4, 0.5) is 0 Å². The van der Waals surface area contributed by atoms with Crippen molar-refractivity contribution in [3.63, 3.8) is 0 Å². The fraction of sp³-hybridized carbons (Fsp3) is 1.00. The molecule has 0 aromatic heterocycles. The molecule has 2 N–H and O–H groups in total. The maximum atomic E-state index is 5.66. The number of nitrogens with two attached hydrogens (primary N) is 1. The van der Waals surface area contributed by atoms with Gasteiger partial charge in [-0.1, -0.05) is 27.2 Å². The molecule has 0 unspecified atom stereocenters. The van der Waals surface area contributed by atoms with E-state index in [9.17, 15) is 0 Å². The molecular weight excluding hydrogens is 158 g/mol. The van der Waals surface area contributed by atoms with Gasteiger partial charge in [0, 0.05) is 0 Å². The second-order valence-corrected chi connectivity index (χ2v) is 5.95. The lowest BCUT2D eigenvalue weighted by molar-refractivity contribution is 0.0907. The third kappa shape index (κ3) is 3.30. The van der Waals surface area contributed by atoms with Crippen molar-refractivity contribution in [2.45, 2.75) is 59.3 Å². The SMILES string of the molecule is CC(C)(C)CCC1(CCN)CCC1. The Morgan fingerprint density at radius 2 is 1.77 bits per heavy atom. The lowest BCUT2D eigenvalue weighted by atomic mass is 9.62. The van der Waals surface area contributed by atoms with Crippen molar-refractivity contribution in [3.8, 4) is 0 Å². The van der Waals surface area contributed by atoms with Crippen LogP contribution < -0.4 is 5.73 Å². The van der Waals surface area contributed by atoms with Crippen molar-refractivity contribution < 1.29 is 0 Å². The zero-order valence-corrected chi connectivity index (χ0v) is 9.53. The van der Waals surface area contributed by atoms with Crippen LogP contribution in [0.5, 0.6) is 0 Å². The van der Waals surface area contributed by atoms with Gasteiger partial charge in [0.05, 0.1) is 0 Å². The average molecular weight is 183 g/mol. The molecule has 0 atom stereocenters. The molecule has 0 aliphatic heterocycles. The number of rotatable bonds is 4. The summed E-state index contributed by atoms with van der Waals surface area (Å²) in [6.07, 6.45) is 8.30. The second-order valence-electron chi connectivity index (χ2n) is 5.95. The molecule has 0 aromatic rings. The monoisotopic (exact) mass is 183 g/mol. The van der Waals surface area contributed by atoms with Crippen molar-refractivity contribution in [3.05, 3.63) is 0 Å².